The van der Waals surface area contributed by atoms with Crippen LogP contribution in [0.2, 0.25) is 0 Å². The molecule has 1 N–H and O–H groups in total. The summed E-state index contributed by atoms with van der Waals surface area (Å²) in [5.74, 6) is 2.60. The third-order valence-electron chi connectivity index (χ3n) is 1.93. The number of aliphatic hydroxyl groups is 1. The second-order valence-corrected chi connectivity index (χ2v) is 4.20. The van der Waals surface area contributed by atoms with Gasteiger partial charge < -0.3 is 9.84 Å². The average molecular weight is 212 g/mol. The first-order valence-electron chi connectivity index (χ1n) is 4.60. The lowest BCUT2D eigenvalue weighted by molar-refractivity contribution is 0.322. The smallest absolute Gasteiger partial charge is 0.122 e. The summed E-state index contributed by atoms with van der Waals surface area (Å²) in [5.41, 5.74) is 2.44. The molecule has 78 valence electrons. The van der Waals surface area contributed by atoms with E-state index in [1.807, 2.05) is 12.1 Å². The number of hydrogen-bond donors (Lipinski definition) is 1. The molecule has 0 unspecified atom stereocenters. The molecule has 0 aliphatic heterocycles. The highest BCUT2D eigenvalue weighted by Gasteiger charge is 2.02. The Morgan fingerprint density at radius 3 is 2.86 bits per heavy atom. The van der Waals surface area contributed by atoms with Crippen molar-refractivity contribution in [1.29, 1.82) is 0 Å². The van der Waals surface area contributed by atoms with E-state index in [4.69, 9.17) is 9.84 Å². The van der Waals surface area contributed by atoms with Crippen LogP contribution in [-0.4, -0.2) is 24.6 Å². The molecule has 1 aromatic rings. The summed E-state index contributed by atoms with van der Waals surface area (Å²) in [6.07, 6.45) is 0. The maximum absolute atomic E-state index is 8.67. The van der Waals surface area contributed by atoms with Gasteiger partial charge in [-0.1, -0.05) is 17.7 Å². The number of hydrogen-bond acceptors (Lipinski definition) is 3. The van der Waals surface area contributed by atoms with E-state index in [-0.39, 0.29) is 6.61 Å². The molecule has 0 radical (unpaired) electrons. The van der Waals surface area contributed by atoms with Gasteiger partial charge in [0.15, 0.2) is 0 Å². The lowest BCUT2D eigenvalue weighted by Gasteiger charge is -2.08. The standard InChI is InChI=1S/C11H16O2S/c1-9-3-4-11(13-2)10(7-9)8-14-6-5-12/h3-4,7,12H,5-6,8H2,1-2H3. The van der Waals surface area contributed by atoms with E-state index in [0.29, 0.717) is 0 Å². The Balaban J connectivity index is 2.67. The molecule has 0 aliphatic rings. The molecule has 0 aliphatic carbocycles. The SMILES string of the molecule is COc1ccc(C)cc1CSCCO. The number of aliphatic hydroxyl groups excluding tert-OH is 1. The summed E-state index contributed by atoms with van der Waals surface area (Å²) in [4.78, 5) is 0. The molecule has 0 spiro atoms. The fourth-order valence-corrected chi connectivity index (χ4v) is 1.99. The average Bonchev–Trinajstić information content (AvgIpc) is 2.19. The molecule has 0 bridgehead atoms. The molecule has 3 heteroatoms. The van der Waals surface area contributed by atoms with Crippen LogP contribution in [0.5, 0.6) is 5.75 Å². The fourth-order valence-electron chi connectivity index (χ4n) is 1.27. The Bertz CT molecular complexity index is 287. The zero-order valence-corrected chi connectivity index (χ0v) is 9.43. The second-order valence-electron chi connectivity index (χ2n) is 3.09. The van der Waals surface area contributed by atoms with Gasteiger partial charge in [-0.25, -0.2) is 0 Å². The molecular formula is C11H16O2S. The highest BCUT2D eigenvalue weighted by molar-refractivity contribution is 7.98. The summed E-state index contributed by atoms with van der Waals surface area (Å²) in [7, 11) is 1.69. The Hall–Kier alpha value is -0.670. The van der Waals surface area contributed by atoms with Gasteiger partial charge in [0, 0.05) is 17.1 Å². The molecule has 0 heterocycles. The van der Waals surface area contributed by atoms with E-state index in [0.717, 1.165) is 17.3 Å². The van der Waals surface area contributed by atoms with E-state index in [1.54, 1.807) is 18.9 Å². The van der Waals surface area contributed by atoms with Crippen LogP contribution in [0.3, 0.4) is 0 Å². The molecule has 0 aromatic heterocycles. The van der Waals surface area contributed by atoms with Crippen LogP contribution in [-0.2, 0) is 5.75 Å². The third-order valence-corrected chi connectivity index (χ3v) is 2.92. The molecule has 0 fully saturated rings. The van der Waals surface area contributed by atoms with Gasteiger partial charge in [0.05, 0.1) is 13.7 Å². The van der Waals surface area contributed by atoms with Crippen molar-refractivity contribution >= 4 is 11.8 Å². The van der Waals surface area contributed by atoms with E-state index in [9.17, 15) is 0 Å². The lowest BCUT2D eigenvalue weighted by Crippen LogP contribution is -1.93. The monoisotopic (exact) mass is 212 g/mol. The second kappa shape index (κ2) is 5.94. The lowest BCUT2D eigenvalue weighted by atomic mass is 10.1. The summed E-state index contributed by atoms with van der Waals surface area (Å²) >= 11 is 1.71. The zero-order chi connectivity index (χ0) is 10.4. The molecule has 2 nitrogen and oxygen atoms in total. The number of benzene rings is 1. The molecule has 0 amide bonds. The normalized spacial score (nSPS) is 10.2. The van der Waals surface area contributed by atoms with Crippen LogP contribution in [0.1, 0.15) is 11.1 Å². The number of rotatable bonds is 5. The minimum absolute atomic E-state index is 0.235. The first kappa shape index (κ1) is 11.4. The van der Waals surface area contributed by atoms with Gasteiger partial charge in [-0.2, -0.15) is 11.8 Å². The highest BCUT2D eigenvalue weighted by Crippen LogP contribution is 2.23. The fraction of sp³-hybridized carbons (Fsp3) is 0.455. The highest BCUT2D eigenvalue weighted by atomic mass is 32.2. The van der Waals surface area contributed by atoms with Crippen LogP contribution in [0.4, 0.5) is 0 Å². The third kappa shape index (κ3) is 3.24. The van der Waals surface area contributed by atoms with Gasteiger partial charge in [-0.15, -0.1) is 0 Å². The van der Waals surface area contributed by atoms with Crippen molar-refractivity contribution in [2.75, 3.05) is 19.5 Å². The minimum atomic E-state index is 0.235. The Labute approximate surface area is 89.3 Å². The molecule has 1 rings (SSSR count). The Morgan fingerprint density at radius 1 is 1.43 bits per heavy atom. The van der Waals surface area contributed by atoms with Crippen LogP contribution >= 0.6 is 11.8 Å². The van der Waals surface area contributed by atoms with Crippen LogP contribution in [0.15, 0.2) is 18.2 Å². The van der Waals surface area contributed by atoms with Crippen molar-refractivity contribution in [3.05, 3.63) is 29.3 Å². The molecular weight excluding hydrogens is 196 g/mol. The largest absolute Gasteiger partial charge is 0.496 e. The summed E-state index contributed by atoms with van der Waals surface area (Å²) in [6, 6.07) is 6.16. The maximum Gasteiger partial charge on any atom is 0.122 e. The summed E-state index contributed by atoms with van der Waals surface area (Å²) in [5, 5.41) is 8.67. The van der Waals surface area contributed by atoms with Crippen LogP contribution in [0.25, 0.3) is 0 Å². The number of aryl methyl sites for hydroxylation is 1. The van der Waals surface area contributed by atoms with Crippen LogP contribution in [0, 0.1) is 6.92 Å². The molecule has 0 atom stereocenters. The number of thioether (sulfide) groups is 1. The predicted molar refractivity (Wildman–Crippen MR) is 61.0 cm³/mol. The van der Waals surface area contributed by atoms with Gasteiger partial charge in [0.2, 0.25) is 0 Å². The molecule has 0 saturated heterocycles. The van der Waals surface area contributed by atoms with Crippen molar-refractivity contribution in [3.8, 4) is 5.75 Å². The van der Waals surface area contributed by atoms with Crippen LogP contribution < -0.4 is 4.74 Å². The van der Waals surface area contributed by atoms with Crippen molar-refractivity contribution in [2.45, 2.75) is 12.7 Å². The molecule has 0 saturated carbocycles. The van der Waals surface area contributed by atoms with Crippen molar-refractivity contribution < 1.29 is 9.84 Å². The topological polar surface area (TPSA) is 29.5 Å². The quantitative estimate of drug-likeness (QED) is 0.759. The van der Waals surface area contributed by atoms with Gasteiger partial charge in [0.1, 0.15) is 5.75 Å². The molecule has 1 aromatic carbocycles. The minimum Gasteiger partial charge on any atom is -0.496 e. The summed E-state index contributed by atoms with van der Waals surface area (Å²) < 4.78 is 5.26. The first-order chi connectivity index (χ1) is 6.77. The van der Waals surface area contributed by atoms with Gasteiger partial charge >= 0.3 is 0 Å². The van der Waals surface area contributed by atoms with Crippen molar-refractivity contribution in [1.82, 2.24) is 0 Å². The van der Waals surface area contributed by atoms with E-state index < -0.39 is 0 Å². The predicted octanol–water partition coefficient (Wildman–Crippen LogP) is 2.23. The summed E-state index contributed by atoms with van der Waals surface area (Å²) in [6.45, 7) is 2.30. The molecule has 14 heavy (non-hydrogen) atoms. The zero-order valence-electron chi connectivity index (χ0n) is 8.62. The van der Waals surface area contributed by atoms with E-state index >= 15 is 0 Å². The first-order valence-corrected chi connectivity index (χ1v) is 5.75. The van der Waals surface area contributed by atoms with Crippen molar-refractivity contribution in [3.63, 3.8) is 0 Å². The maximum atomic E-state index is 8.67. The van der Waals surface area contributed by atoms with Gasteiger partial charge in [-0.3, -0.25) is 0 Å². The van der Waals surface area contributed by atoms with Gasteiger partial charge in [0.25, 0.3) is 0 Å². The van der Waals surface area contributed by atoms with Gasteiger partial charge in [-0.05, 0) is 13.0 Å². The van der Waals surface area contributed by atoms with Crippen molar-refractivity contribution in [2.24, 2.45) is 0 Å². The van der Waals surface area contributed by atoms with E-state index in [2.05, 4.69) is 13.0 Å². The van der Waals surface area contributed by atoms with E-state index in [1.165, 1.54) is 11.1 Å². The number of ether oxygens (including phenoxy) is 1. The number of methoxy groups -OCH3 is 1. The Morgan fingerprint density at radius 2 is 2.21 bits per heavy atom. The Kier molecular flexibility index (Phi) is 4.84.